The van der Waals surface area contributed by atoms with Crippen molar-refractivity contribution in [2.75, 3.05) is 23.8 Å². The first kappa shape index (κ1) is 12.5. The van der Waals surface area contributed by atoms with E-state index >= 15 is 0 Å². The zero-order valence-corrected chi connectivity index (χ0v) is 10.5. The fourth-order valence-corrected chi connectivity index (χ4v) is 2.33. The van der Waals surface area contributed by atoms with E-state index in [1.807, 2.05) is 0 Å². The van der Waals surface area contributed by atoms with Crippen LogP contribution in [-0.2, 0) is 4.79 Å². The topological polar surface area (TPSA) is 66.6 Å². The molecule has 6 heteroatoms. The molecule has 0 aromatic heterocycles. The number of nitrogens with zero attached hydrogens (tertiary/aromatic N) is 1. The Morgan fingerprint density at radius 2 is 2.12 bits per heavy atom. The number of carbonyl (C=O) groups is 1. The van der Waals surface area contributed by atoms with Crippen molar-refractivity contribution in [2.45, 2.75) is 6.42 Å². The van der Waals surface area contributed by atoms with Gasteiger partial charge in [-0.15, -0.1) is 0 Å². The molecule has 2 rings (SSSR count). The standard InChI is InChI=1S/C11H12Cl2N2O2/c12-7-3-10(8(13)2-9(7)14)15-4-6(5-16)1-11(15)17/h2-3,6,16H,1,4-5,14H2. The average molecular weight is 275 g/mol. The van der Waals surface area contributed by atoms with E-state index in [4.69, 9.17) is 34.0 Å². The lowest BCUT2D eigenvalue weighted by molar-refractivity contribution is -0.117. The normalized spacial score (nSPS) is 20.1. The first-order valence-electron chi connectivity index (χ1n) is 5.18. The molecule has 0 aliphatic carbocycles. The number of anilines is 2. The first-order valence-corrected chi connectivity index (χ1v) is 5.94. The Bertz CT molecular complexity index is 465. The van der Waals surface area contributed by atoms with Crippen molar-refractivity contribution in [3.63, 3.8) is 0 Å². The third-order valence-corrected chi connectivity index (χ3v) is 3.45. The van der Waals surface area contributed by atoms with Crippen molar-refractivity contribution in [3.05, 3.63) is 22.2 Å². The Labute approximate surface area is 109 Å². The van der Waals surface area contributed by atoms with Crippen LogP contribution in [0, 0.1) is 5.92 Å². The van der Waals surface area contributed by atoms with Gasteiger partial charge < -0.3 is 15.7 Å². The van der Waals surface area contributed by atoms with Crippen LogP contribution in [0.4, 0.5) is 11.4 Å². The second-order valence-electron chi connectivity index (χ2n) is 4.08. The van der Waals surface area contributed by atoms with Gasteiger partial charge in [0.2, 0.25) is 5.91 Å². The van der Waals surface area contributed by atoms with E-state index in [1.54, 1.807) is 6.07 Å². The molecule has 1 aliphatic heterocycles. The molecular weight excluding hydrogens is 263 g/mol. The van der Waals surface area contributed by atoms with E-state index in [2.05, 4.69) is 0 Å². The third-order valence-electron chi connectivity index (χ3n) is 2.82. The van der Waals surface area contributed by atoms with Gasteiger partial charge in [-0.3, -0.25) is 4.79 Å². The van der Waals surface area contributed by atoms with Crippen molar-refractivity contribution in [3.8, 4) is 0 Å². The molecule has 92 valence electrons. The lowest BCUT2D eigenvalue weighted by atomic mass is 10.1. The van der Waals surface area contributed by atoms with Gasteiger partial charge in [-0.05, 0) is 12.1 Å². The average Bonchev–Trinajstić information content (AvgIpc) is 2.65. The van der Waals surface area contributed by atoms with Crippen molar-refractivity contribution in [1.29, 1.82) is 0 Å². The van der Waals surface area contributed by atoms with Crippen LogP contribution in [0.1, 0.15) is 6.42 Å². The van der Waals surface area contributed by atoms with Crippen LogP contribution in [0.5, 0.6) is 0 Å². The minimum Gasteiger partial charge on any atom is -0.397 e. The molecule has 0 radical (unpaired) electrons. The fraction of sp³-hybridized carbons (Fsp3) is 0.364. The maximum absolute atomic E-state index is 11.8. The second-order valence-corrected chi connectivity index (χ2v) is 4.90. The van der Waals surface area contributed by atoms with Crippen molar-refractivity contribution >= 4 is 40.5 Å². The summed E-state index contributed by atoms with van der Waals surface area (Å²) in [4.78, 5) is 13.3. The zero-order chi connectivity index (χ0) is 12.6. The molecule has 17 heavy (non-hydrogen) atoms. The number of aliphatic hydroxyl groups excluding tert-OH is 1. The highest BCUT2D eigenvalue weighted by Crippen LogP contribution is 2.36. The molecule has 1 unspecified atom stereocenters. The molecule has 1 amide bonds. The van der Waals surface area contributed by atoms with Gasteiger partial charge in [0.15, 0.2) is 0 Å². The van der Waals surface area contributed by atoms with E-state index in [0.717, 1.165) is 0 Å². The molecule has 1 aliphatic rings. The summed E-state index contributed by atoms with van der Waals surface area (Å²) in [6.07, 6.45) is 0.328. The summed E-state index contributed by atoms with van der Waals surface area (Å²) < 4.78 is 0. The maximum atomic E-state index is 11.8. The second kappa shape index (κ2) is 4.72. The molecule has 3 N–H and O–H groups in total. The minimum atomic E-state index is -0.0632. The van der Waals surface area contributed by atoms with Crippen LogP contribution in [0.15, 0.2) is 12.1 Å². The number of rotatable bonds is 2. The zero-order valence-electron chi connectivity index (χ0n) is 8.99. The third kappa shape index (κ3) is 2.34. The van der Waals surface area contributed by atoms with E-state index in [-0.39, 0.29) is 18.4 Å². The van der Waals surface area contributed by atoms with E-state index in [1.165, 1.54) is 11.0 Å². The van der Waals surface area contributed by atoms with Gasteiger partial charge in [0.05, 0.1) is 21.4 Å². The number of aliphatic hydroxyl groups is 1. The molecule has 1 atom stereocenters. The van der Waals surface area contributed by atoms with Crippen LogP contribution >= 0.6 is 23.2 Å². The van der Waals surface area contributed by atoms with Gasteiger partial charge in [0.25, 0.3) is 0 Å². The summed E-state index contributed by atoms with van der Waals surface area (Å²) in [7, 11) is 0. The van der Waals surface area contributed by atoms with Gasteiger partial charge in [-0.2, -0.15) is 0 Å². The number of halogens is 2. The minimum absolute atomic E-state index is 0.0113. The number of hydrogen-bond acceptors (Lipinski definition) is 3. The molecule has 1 aromatic rings. The largest absolute Gasteiger partial charge is 0.397 e. The highest BCUT2D eigenvalue weighted by molar-refractivity contribution is 6.37. The van der Waals surface area contributed by atoms with Gasteiger partial charge in [0, 0.05) is 25.5 Å². The van der Waals surface area contributed by atoms with Crippen molar-refractivity contribution < 1.29 is 9.90 Å². The molecule has 1 aromatic carbocycles. The summed E-state index contributed by atoms with van der Waals surface area (Å²) in [6, 6.07) is 3.11. The highest BCUT2D eigenvalue weighted by Gasteiger charge is 2.31. The van der Waals surface area contributed by atoms with Crippen LogP contribution in [0.2, 0.25) is 10.0 Å². The molecule has 4 nitrogen and oxygen atoms in total. The molecule has 0 saturated carbocycles. The summed E-state index contributed by atoms with van der Waals surface area (Å²) in [5.74, 6) is -0.110. The molecule has 0 spiro atoms. The van der Waals surface area contributed by atoms with Gasteiger partial charge in [-0.1, -0.05) is 23.2 Å². The number of nitrogen functional groups attached to an aromatic ring is 1. The monoisotopic (exact) mass is 274 g/mol. The molecule has 1 heterocycles. The fourth-order valence-electron chi connectivity index (χ4n) is 1.90. The summed E-state index contributed by atoms with van der Waals surface area (Å²) >= 11 is 12.0. The lowest BCUT2D eigenvalue weighted by Gasteiger charge is -2.18. The van der Waals surface area contributed by atoms with Gasteiger partial charge in [0.1, 0.15) is 0 Å². The van der Waals surface area contributed by atoms with E-state index < -0.39 is 0 Å². The molecule has 0 bridgehead atoms. The Balaban J connectivity index is 2.35. The van der Waals surface area contributed by atoms with Crippen LogP contribution < -0.4 is 10.6 Å². The van der Waals surface area contributed by atoms with Crippen molar-refractivity contribution in [1.82, 2.24) is 0 Å². The summed E-state index contributed by atoms with van der Waals surface area (Å²) in [6.45, 7) is 0.442. The Kier molecular flexibility index (Phi) is 3.47. The SMILES string of the molecule is Nc1cc(Cl)c(N2CC(CO)CC2=O)cc1Cl. The first-order chi connectivity index (χ1) is 8.02. The predicted octanol–water partition coefficient (Wildman–Crippen LogP) is 1.92. The highest BCUT2D eigenvalue weighted by atomic mass is 35.5. The Morgan fingerprint density at radius 3 is 2.71 bits per heavy atom. The summed E-state index contributed by atoms with van der Waals surface area (Å²) in [5.41, 5.74) is 6.54. The van der Waals surface area contributed by atoms with Crippen LogP contribution in [0.25, 0.3) is 0 Å². The van der Waals surface area contributed by atoms with Gasteiger partial charge >= 0.3 is 0 Å². The summed E-state index contributed by atoms with van der Waals surface area (Å²) in [5, 5.41) is 9.81. The van der Waals surface area contributed by atoms with Gasteiger partial charge in [-0.25, -0.2) is 0 Å². The molecule has 1 fully saturated rings. The number of hydrogen-bond donors (Lipinski definition) is 2. The Hall–Kier alpha value is -0.970. The number of carbonyl (C=O) groups excluding carboxylic acids is 1. The predicted molar refractivity (Wildman–Crippen MR) is 68.4 cm³/mol. The lowest BCUT2D eigenvalue weighted by Crippen LogP contribution is -2.25. The Morgan fingerprint density at radius 1 is 1.41 bits per heavy atom. The van der Waals surface area contributed by atoms with Crippen LogP contribution in [0.3, 0.4) is 0 Å². The van der Waals surface area contributed by atoms with E-state index in [9.17, 15) is 4.79 Å². The quantitative estimate of drug-likeness (QED) is 0.810. The van der Waals surface area contributed by atoms with E-state index in [0.29, 0.717) is 34.4 Å². The number of nitrogens with two attached hydrogens (primary N) is 1. The number of amides is 1. The maximum Gasteiger partial charge on any atom is 0.227 e. The molecule has 1 saturated heterocycles. The molecular formula is C11H12Cl2N2O2. The number of benzene rings is 1. The smallest absolute Gasteiger partial charge is 0.227 e. The van der Waals surface area contributed by atoms with Crippen LogP contribution in [-0.4, -0.2) is 24.2 Å². The van der Waals surface area contributed by atoms with Crippen molar-refractivity contribution in [2.24, 2.45) is 5.92 Å².